The summed E-state index contributed by atoms with van der Waals surface area (Å²) < 4.78 is 30.1. The molecule has 0 atom stereocenters. The van der Waals surface area contributed by atoms with Gasteiger partial charge in [0.05, 0.1) is 0 Å². The number of hydrogen-bond acceptors (Lipinski definition) is 6. The second-order valence-corrected chi connectivity index (χ2v) is 1.42. The fourth-order valence-electron chi connectivity index (χ4n) is 0.0345. The van der Waals surface area contributed by atoms with Crippen LogP contribution in [0.15, 0.2) is 5.34 Å². The van der Waals surface area contributed by atoms with Crippen molar-refractivity contribution in [1.82, 2.24) is 0 Å². The lowest BCUT2D eigenvalue weighted by molar-refractivity contribution is -1.92. The highest BCUT2D eigenvalue weighted by molar-refractivity contribution is 3.86. The van der Waals surface area contributed by atoms with Crippen molar-refractivity contribution in [3.05, 3.63) is 4.91 Å². The van der Waals surface area contributed by atoms with Gasteiger partial charge in [0.25, 0.3) is 0 Å². The van der Waals surface area contributed by atoms with E-state index in [0.29, 0.717) is 0 Å². The second kappa shape index (κ2) is 2.03. The summed E-state index contributed by atoms with van der Waals surface area (Å²) in [7, 11) is -4.66. The molecule has 0 fully saturated rings. The topological polar surface area (TPSA) is 108 Å². The molecule has 0 aromatic rings. The Kier molecular flexibility index (Phi) is 1.91. The zero-order valence-electron chi connectivity index (χ0n) is 2.87. The summed E-state index contributed by atoms with van der Waals surface area (Å²) in [4.78, 5) is 8.76. The van der Waals surface area contributed by atoms with E-state index in [0.717, 1.165) is 0 Å². The minimum atomic E-state index is -4.66. The van der Waals surface area contributed by atoms with E-state index in [1.54, 1.807) is 0 Å². The molecule has 7 heavy (non-hydrogen) atoms. The third-order valence-electron chi connectivity index (χ3n) is 0.113. The molecule has 0 saturated carbocycles. The molecule has 0 bridgehead atoms. The van der Waals surface area contributed by atoms with Crippen LogP contribution in [-0.2, 0) is 4.39 Å². The van der Waals surface area contributed by atoms with Crippen molar-refractivity contribution >= 4 is 0 Å². The Bertz CT molecular complexity index is 63.0. The molecule has 0 aliphatic carbocycles. The summed E-state index contributed by atoms with van der Waals surface area (Å²) in [5.74, 6) is 0. The van der Waals surface area contributed by atoms with Crippen LogP contribution in [0.25, 0.3) is 0 Å². The molecular weight excluding hydrogens is 129 g/mol. The Balaban J connectivity index is 3.34. The number of halogens is 1. The molecule has 0 aromatic carbocycles. The molecule has 0 rings (SSSR count). The maximum Gasteiger partial charge on any atom is 0.303 e. The van der Waals surface area contributed by atoms with E-state index in [-0.39, 0.29) is 0 Å². The van der Waals surface area contributed by atoms with Crippen molar-refractivity contribution in [3.8, 4) is 0 Å². The van der Waals surface area contributed by atoms with Gasteiger partial charge in [0.1, 0.15) is 4.39 Å². The van der Waals surface area contributed by atoms with Crippen LogP contribution < -0.4 is 14.0 Å². The van der Waals surface area contributed by atoms with Crippen molar-refractivity contribution in [3.63, 3.8) is 0 Å². The molecule has 0 saturated heterocycles. The van der Waals surface area contributed by atoms with Crippen LogP contribution in [0.4, 0.5) is 0 Å². The van der Waals surface area contributed by atoms with Gasteiger partial charge < -0.3 is 0 Å². The maximum atomic E-state index is 9.13. The van der Waals surface area contributed by atoms with Crippen LogP contribution in [0.1, 0.15) is 0 Å². The molecule has 0 unspecified atom stereocenters. The van der Waals surface area contributed by atoms with Crippen LogP contribution in [0.3, 0.4) is 0 Å². The molecule has 0 aromatic heterocycles. The largest absolute Gasteiger partial charge is 0.303 e. The van der Waals surface area contributed by atoms with E-state index in [4.69, 9.17) is 18.9 Å². The number of hydrogen-bond donors (Lipinski definition) is 0. The normalized spacial score (nSPS) is 10.7. The first-order chi connectivity index (χ1) is 3.06. The van der Waals surface area contributed by atoms with Crippen LogP contribution >= 0.6 is 0 Å². The fraction of sp³-hybridized carbons (Fsp3) is 0. The smallest absolute Gasteiger partial charge is 0.164 e. The predicted molar refractivity (Wildman–Crippen MR) is 6.88 cm³/mol. The van der Waals surface area contributed by atoms with Crippen LogP contribution in [0.5, 0.6) is 0 Å². The van der Waals surface area contributed by atoms with Crippen molar-refractivity contribution in [2.45, 2.75) is 0 Å². The summed E-state index contributed by atoms with van der Waals surface area (Å²) in [5, 5.41) is 1.34. The van der Waals surface area contributed by atoms with E-state index < -0.39 is 10.2 Å². The first kappa shape index (κ1) is 6.57. The maximum absolute atomic E-state index is 9.13. The highest BCUT2D eigenvalue weighted by atomic mass is 35.7. The standard InChI is InChI=1S/ClNO5/c3-1(4,5)7-2-6. The summed E-state index contributed by atoms with van der Waals surface area (Å²) in [5.41, 5.74) is 0. The molecule has 42 valence electrons. The van der Waals surface area contributed by atoms with Gasteiger partial charge in [0, 0.05) is 0 Å². The quantitative estimate of drug-likeness (QED) is 0.285. The second-order valence-electron chi connectivity index (χ2n) is 0.522. The monoisotopic (exact) mass is 129 g/mol. The molecule has 0 amide bonds. The third-order valence-corrected chi connectivity index (χ3v) is 0.338. The van der Waals surface area contributed by atoms with E-state index in [1.165, 1.54) is 5.34 Å². The Hall–Kier alpha value is -0.430. The lowest BCUT2D eigenvalue weighted by Crippen LogP contribution is -2.60. The van der Waals surface area contributed by atoms with E-state index in [2.05, 4.69) is 4.39 Å². The zero-order valence-corrected chi connectivity index (χ0v) is 3.62. The summed E-state index contributed by atoms with van der Waals surface area (Å²) in [6.45, 7) is 0. The average molecular weight is 129 g/mol. The zero-order chi connectivity index (χ0) is 5.91. The highest BCUT2D eigenvalue weighted by Gasteiger charge is 2.16. The van der Waals surface area contributed by atoms with Gasteiger partial charge in [-0.15, -0.1) is 0 Å². The Morgan fingerprint density at radius 1 is 1.43 bits per heavy atom. The van der Waals surface area contributed by atoms with Crippen LogP contribution in [0, 0.1) is 15.2 Å². The molecule has 0 N–H and O–H groups in total. The van der Waals surface area contributed by atoms with Crippen LogP contribution in [-0.4, -0.2) is 0 Å². The lowest BCUT2D eigenvalue weighted by Gasteiger charge is -2.03. The minimum Gasteiger partial charge on any atom is -0.164 e. The molecule has 0 heterocycles. The fourth-order valence-corrected chi connectivity index (χ4v) is 0.104. The van der Waals surface area contributed by atoms with Gasteiger partial charge in [-0.2, -0.15) is 14.0 Å². The Morgan fingerprint density at radius 2 is 1.86 bits per heavy atom. The van der Waals surface area contributed by atoms with Crippen LogP contribution in [0.2, 0.25) is 0 Å². The van der Waals surface area contributed by atoms with E-state index in [9.17, 15) is 0 Å². The van der Waals surface area contributed by atoms with Crippen molar-refractivity contribution in [1.29, 1.82) is 0 Å². The summed E-state index contributed by atoms with van der Waals surface area (Å²) in [6, 6.07) is 0. The highest BCUT2D eigenvalue weighted by Crippen LogP contribution is 1.84. The predicted octanol–water partition coefficient (Wildman–Crippen LogP) is -3.42. The molecule has 0 aliphatic heterocycles. The number of rotatable bonds is 2. The Morgan fingerprint density at radius 3 is 1.86 bits per heavy atom. The SMILES string of the molecule is O=NO[Cl+3]([O-])([O-])[O-]. The summed E-state index contributed by atoms with van der Waals surface area (Å²) >= 11 is 0. The van der Waals surface area contributed by atoms with E-state index >= 15 is 0 Å². The van der Waals surface area contributed by atoms with Gasteiger partial charge in [0.15, 0.2) is 10.2 Å². The van der Waals surface area contributed by atoms with Crippen molar-refractivity contribution < 1.29 is 28.6 Å². The van der Waals surface area contributed by atoms with Gasteiger partial charge in [-0.25, -0.2) is 0 Å². The third kappa shape index (κ3) is 5.57. The first-order valence-electron chi connectivity index (χ1n) is 0.982. The average Bonchev–Trinajstić information content (AvgIpc) is 1.30. The van der Waals surface area contributed by atoms with Gasteiger partial charge >= 0.3 is 5.34 Å². The van der Waals surface area contributed by atoms with E-state index in [1.807, 2.05) is 0 Å². The van der Waals surface area contributed by atoms with Crippen molar-refractivity contribution in [2.75, 3.05) is 0 Å². The first-order valence-corrected chi connectivity index (χ1v) is 2.22. The molecule has 7 heteroatoms. The minimum absolute atomic E-state index is 1.34. The molecule has 0 spiro atoms. The molecular formula is ClNO5. The number of nitrogens with zero attached hydrogens (tertiary/aromatic N) is 1. The van der Waals surface area contributed by atoms with Gasteiger partial charge in [-0.05, 0) is 0 Å². The van der Waals surface area contributed by atoms with Gasteiger partial charge in [-0.1, -0.05) is 4.91 Å². The van der Waals surface area contributed by atoms with Crippen molar-refractivity contribution in [2.24, 2.45) is 5.34 Å². The molecule has 6 nitrogen and oxygen atoms in total. The molecule has 0 radical (unpaired) electrons. The molecule has 0 aliphatic rings. The summed E-state index contributed by atoms with van der Waals surface area (Å²) in [6.07, 6.45) is 0. The van der Waals surface area contributed by atoms with Gasteiger partial charge in [-0.3, -0.25) is 0 Å². The lowest BCUT2D eigenvalue weighted by atomic mass is 13.4. The Labute approximate surface area is 40.0 Å². The van der Waals surface area contributed by atoms with Gasteiger partial charge in [0.2, 0.25) is 0 Å².